The lowest BCUT2D eigenvalue weighted by molar-refractivity contribution is -0.385. The van der Waals surface area contributed by atoms with Crippen molar-refractivity contribution in [3.8, 4) is 0 Å². The van der Waals surface area contributed by atoms with Gasteiger partial charge in [0.15, 0.2) is 18.9 Å². The number of aliphatic hydroxyl groups is 8. The Morgan fingerprint density at radius 2 is 1.44 bits per heavy atom. The lowest BCUT2D eigenvalue weighted by atomic mass is 9.95. The first-order valence-corrected chi connectivity index (χ1v) is 17.5. The zero-order chi connectivity index (χ0) is 38.5. The summed E-state index contributed by atoms with van der Waals surface area (Å²) in [6.45, 7) is 3.37. The Labute approximate surface area is 300 Å². The molecule has 3 fully saturated rings. The molecule has 2 amide bonds. The summed E-state index contributed by atoms with van der Waals surface area (Å²) in [6.07, 6.45) is -17.3. The number of carbonyl (C=O) groups is 2. The maximum Gasteiger partial charge on any atom is 0.218 e. The minimum absolute atomic E-state index is 0.00485. The second kappa shape index (κ2) is 21.7. The number of unbranched alkanes of at least 4 members (excludes halogenated alkanes) is 3. The molecule has 0 aromatic carbocycles. The molecule has 300 valence electrons. The van der Waals surface area contributed by atoms with E-state index in [2.05, 4.69) is 20.7 Å². The van der Waals surface area contributed by atoms with Crippen LogP contribution in [0.2, 0.25) is 0 Å². The van der Waals surface area contributed by atoms with E-state index >= 15 is 0 Å². The summed E-state index contributed by atoms with van der Waals surface area (Å²) in [5.41, 5.74) is 8.30. The van der Waals surface area contributed by atoms with Crippen LogP contribution in [-0.2, 0) is 38.0 Å². The molecular formula is C31H55N5O16. The zero-order valence-electron chi connectivity index (χ0n) is 29.5. The number of carbonyl (C=O) groups excluding carboxylic acids is 2. The Morgan fingerprint density at radius 1 is 0.808 bits per heavy atom. The van der Waals surface area contributed by atoms with Crippen LogP contribution in [0.25, 0.3) is 10.4 Å². The van der Waals surface area contributed by atoms with Crippen LogP contribution in [0.3, 0.4) is 0 Å². The molecule has 3 aliphatic heterocycles. The van der Waals surface area contributed by atoms with Crippen LogP contribution in [0.15, 0.2) is 5.11 Å². The van der Waals surface area contributed by atoms with Crippen LogP contribution in [-0.4, -0.2) is 177 Å². The zero-order valence-corrected chi connectivity index (χ0v) is 29.5. The highest BCUT2D eigenvalue weighted by molar-refractivity contribution is 5.76. The average Bonchev–Trinajstić information content (AvgIpc) is 3.11. The van der Waals surface area contributed by atoms with E-state index in [1.807, 2.05) is 6.92 Å². The van der Waals surface area contributed by atoms with Crippen LogP contribution >= 0.6 is 0 Å². The molecule has 21 heteroatoms. The standard InChI is InChI=1S/C31H55N5O16/c1-14(8-6-4-5-7-9-19(40)35-36-32)33-10-11-47-31-28(52-30-26(46)25(45)21(41)15(2)48-30)27(23(43)18(13-38)50-31)51-29-20(34-16(3)39)24(44)22(42)17(12-37)49-29/h14-15,17-18,20-31,33,37-38,41-46H,4-13H2,1-3H3,(H,34,39)/t14?,15-,17+,18+,20+,21+,22-,23-,24+,25+,26-,27-,28+,29+,30-,31+/m0/s1. The van der Waals surface area contributed by atoms with Crippen molar-refractivity contribution in [2.75, 3.05) is 26.4 Å². The second-order valence-electron chi connectivity index (χ2n) is 13.3. The SMILES string of the molecule is CC(=O)N[C@H]1[C@@H](O[C@H]2[C@@H](O)[C@@H](CO)O[C@@H](OCCNC(C)CCCCCCC(=O)N=[N+]=[N-])[C@@H]2O[C@@H]2O[C@@H](C)[C@@H](O)[C@@H](O)[C@@H]2O)O[C@H](CO)[C@H](O)[C@@H]1O. The van der Waals surface area contributed by atoms with Gasteiger partial charge in [-0.15, -0.1) is 0 Å². The summed E-state index contributed by atoms with van der Waals surface area (Å²) in [4.78, 5) is 25.8. The monoisotopic (exact) mass is 753 g/mol. The lowest BCUT2D eigenvalue weighted by Crippen LogP contribution is -2.69. The van der Waals surface area contributed by atoms with E-state index < -0.39 is 117 Å². The van der Waals surface area contributed by atoms with Crippen LogP contribution < -0.4 is 10.6 Å². The van der Waals surface area contributed by atoms with E-state index in [4.69, 9.17) is 34.0 Å². The predicted octanol–water partition coefficient (Wildman–Crippen LogP) is -3.22. The summed E-state index contributed by atoms with van der Waals surface area (Å²) in [7, 11) is 0. The van der Waals surface area contributed by atoms with Gasteiger partial charge < -0.3 is 79.9 Å². The molecule has 0 aliphatic carbocycles. The third-order valence-corrected chi connectivity index (χ3v) is 9.25. The highest BCUT2D eigenvalue weighted by atomic mass is 16.8. The maximum absolute atomic E-state index is 12.0. The number of ether oxygens (including phenoxy) is 6. The fraction of sp³-hybridized carbons (Fsp3) is 0.935. The third-order valence-electron chi connectivity index (χ3n) is 9.25. The van der Waals surface area contributed by atoms with Crippen LogP contribution in [0, 0.1) is 0 Å². The van der Waals surface area contributed by atoms with Gasteiger partial charge in [0.1, 0.15) is 67.1 Å². The van der Waals surface area contributed by atoms with Crippen molar-refractivity contribution < 1.29 is 78.9 Å². The number of amides is 2. The van der Waals surface area contributed by atoms with Gasteiger partial charge in [-0.3, -0.25) is 9.59 Å². The molecule has 3 rings (SSSR count). The number of azide groups is 1. The molecule has 3 heterocycles. The highest BCUT2D eigenvalue weighted by Gasteiger charge is 2.54. The molecule has 0 radical (unpaired) electrons. The largest absolute Gasteiger partial charge is 0.394 e. The van der Waals surface area contributed by atoms with Crippen molar-refractivity contribution in [2.45, 2.75) is 157 Å². The molecule has 0 bridgehead atoms. The van der Waals surface area contributed by atoms with Crippen molar-refractivity contribution in [3.63, 3.8) is 0 Å². The first-order chi connectivity index (χ1) is 24.7. The van der Waals surface area contributed by atoms with Gasteiger partial charge >= 0.3 is 0 Å². The van der Waals surface area contributed by atoms with Gasteiger partial charge in [0, 0.05) is 30.8 Å². The minimum Gasteiger partial charge on any atom is -0.394 e. The molecule has 0 saturated carbocycles. The van der Waals surface area contributed by atoms with Crippen molar-refractivity contribution >= 4 is 11.8 Å². The normalized spacial score (nSPS) is 38.6. The van der Waals surface area contributed by atoms with Crippen molar-refractivity contribution in [1.82, 2.24) is 10.6 Å². The number of hydrogen-bond acceptors (Lipinski definition) is 17. The fourth-order valence-corrected chi connectivity index (χ4v) is 6.26. The molecule has 52 heavy (non-hydrogen) atoms. The van der Waals surface area contributed by atoms with E-state index in [0.717, 1.165) is 32.6 Å². The molecule has 3 aliphatic rings. The topological polar surface area (TPSA) is 324 Å². The Bertz CT molecular complexity index is 1150. The van der Waals surface area contributed by atoms with Gasteiger partial charge in [-0.1, -0.05) is 19.3 Å². The summed E-state index contributed by atoms with van der Waals surface area (Å²) in [6, 6.07) is -1.36. The van der Waals surface area contributed by atoms with Crippen LogP contribution in [0.5, 0.6) is 0 Å². The molecule has 10 N–H and O–H groups in total. The van der Waals surface area contributed by atoms with E-state index in [1.54, 1.807) is 0 Å². The summed E-state index contributed by atoms with van der Waals surface area (Å²) in [5.74, 6) is -1.12. The van der Waals surface area contributed by atoms with E-state index in [0.29, 0.717) is 13.0 Å². The van der Waals surface area contributed by atoms with Crippen LogP contribution in [0.4, 0.5) is 0 Å². The van der Waals surface area contributed by atoms with Crippen molar-refractivity contribution in [3.05, 3.63) is 10.4 Å². The molecule has 0 aromatic rings. The van der Waals surface area contributed by atoms with Gasteiger partial charge in [0.25, 0.3) is 0 Å². The van der Waals surface area contributed by atoms with Gasteiger partial charge in [-0.25, -0.2) is 0 Å². The van der Waals surface area contributed by atoms with E-state index in [9.17, 15) is 50.4 Å². The third kappa shape index (κ3) is 12.2. The predicted molar refractivity (Wildman–Crippen MR) is 174 cm³/mol. The van der Waals surface area contributed by atoms with Crippen molar-refractivity contribution in [2.24, 2.45) is 5.11 Å². The molecule has 0 aromatic heterocycles. The number of nitrogens with one attached hydrogen (secondary N) is 2. The number of nitrogens with zero attached hydrogens (tertiary/aromatic N) is 3. The lowest BCUT2D eigenvalue weighted by Gasteiger charge is -2.49. The Morgan fingerprint density at radius 3 is 2.10 bits per heavy atom. The average molecular weight is 754 g/mol. The summed E-state index contributed by atoms with van der Waals surface area (Å²) >= 11 is 0. The summed E-state index contributed by atoms with van der Waals surface area (Å²) in [5, 5.41) is 92.6. The van der Waals surface area contributed by atoms with Gasteiger partial charge in [-0.2, -0.15) is 0 Å². The Kier molecular flexibility index (Phi) is 18.4. The van der Waals surface area contributed by atoms with E-state index in [-0.39, 0.29) is 19.1 Å². The number of aliphatic hydroxyl groups excluding tert-OH is 8. The first kappa shape index (κ1) is 44.2. The molecule has 3 saturated heterocycles. The maximum atomic E-state index is 12.0. The second-order valence-corrected chi connectivity index (χ2v) is 13.3. The Balaban J connectivity index is 1.74. The molecule has 1 unspecified atom stereocenters. The smallest absolute Gasteiger partial charge is 0.218 e. The number of rotatable bonds is 19. The van der Waals surface area contributed by atoms with Gasteiger partial charge in [0.05, 0.1) is 25.9 Å². The first-order valence-electron chi connectivity index (χ1n) is 17.5. The van der Waals surface area contributed by atoms with Crippen LogP contribution in [0.1, 0.15) is 59.3 Å². The van der Waals surface area contributed by atoms with Gasteiger partial charge in [-0.05, 0) is 37.3 Å². The molecule has 21 nitrogen and oxygen atoms in total. The van der Waals surface area contributed by atoms with Crippen molar-refractivity contribution in [1.29, 1.82) is 0 Å². The number of hydrogen-bond donors (Lipinski definition) is 10. The minimum atomic E-state index is -1.79. The molecular weight excluding hydrogens is 698 g/mol. The Hall–Kier alpha value is -2.15. The fourth-order valence-electron chi connectivity index (χ4n) is 6.26. The highest BCUT2D eigenvalue weighted by Crippen LogP contribution is 2.33. The molecule has 16 atom stereocenters. The van der Waals surface area contributed by atoms with E-state index in [1.165, 1.54) is 6.92 Å². The summed E-state index contributed by atoms with van der Waals surface area (Å²) < 4.78 is 35.3. The quantitative estimate of drug-likeness (QED) is 0.0268. The molecule has 0 spiro atoms. The van der Waals surface area contributed by atoms with Gasteiger partial charge in [0.2, 0.25) is 11.8 Å².